The maximum absolute atomic E-state index is 4.06. The van der Waals surface area contributed by atoms with Crippen LogP contribution in [0, 0.1) is 0 Å². The van der Waals surface area contributed by atoms with E-state index in [0.717, 1.165) is 4.47 Å². The maximum Gasteiger partial charge on any atom is 0.188 e. The molecule has 74 valence electrons. The van der Waals surface area contributed by atoms with Crippen LogP contribution in [0.3, 0.4) is 0 Å². The second kappa shape index (κ2) is 4.75. The first-order valence-corrected chi connectivity index (χ1v) is 5.09. The molecular weight excluding hydrogens is 256 g/mol. The lowest BCUT2D eigenvalue weighted by Crippen LogP contribution is -1.74. The highest BCUT2D eigenvalue weighted by molar-refractivity contribution is 9.10. The minimum absolute atomic E-state index is 0.545. The summed E-state index contributed by atoms with van der Waals surface area (Å²) in [6, 6.07) is 9.15. The van der Waals surface area contributed by atoms with Crippen LogP contribution in [0.15, 0.2) is 57.4 Å². The van der Waals surface area contributed by atoms with Crippen LogP contribution in [0.4, 0.5) is 11.6 Å². The van der Waals surface area contributed by atoms with Crippen LogP contribution in [0.25, 0.3) is 0 Å². The molecule has 2 aromatic heterocycles. The van der Waals surface area contributed by atoms with Crippen molar-refractivity contribution in [2.45, 2.75) is 0 Å². The Morgan fingerprint density at radius 1 is 0.933 bits per heavy atom. The van der Waals surface area contributed by atoms with Gasteiger partial charge >= 0.3 is 0 Å². The van der Waals surface area contributed by atoms with Gasteiger partial charge in [-0.3, -0.25) is 0 Å². The van der Waals surface area contributed by atoms with Crippen molar-refractivity contribution in [2.75, 3.05) is 0 Å². The Kier molecular flexibility index (Phi) is 3.14. The molecule has 0 radical (unpaired) electrons. The minimum atomic E-state index is 0.545. The molecule has 2 rings (SSSR count). The molecule has 0 aliphatic heterocycles. The van der Waals surface area contributed by atoms with Crippen molar-refractivity contribution in [3.05, 3.63) is 47.2 Å². The van der Waals surface area contributed by atoms with Crippen molar-refractivity contribution in [1.29, 1.82) is 0 Å². The molecule has 4 nitrogen and oxygen atoms in total. The number of halogens is 1. The number of aromatic nitrogens is 2. The van der Waals surface area contributed by atoms with Gasteiger partial charge in [0.25, 0.3) is 0 Å². The number of hydrogen-bond donors (Lipinski definition) is 0. The van der Waals surface area contributed by atoms with Gasteiger partial charge in [-0.2, -0.15) is 0 Å². The number of rotatable bonds is 2. The molecule has 5 heteroatoms. The van der Waals surface area contributed by atoms with E-state index in [-0.39, 0.29) is 0 Å². The summed E-state index contributed by atoms with van der Waals surface area (Å²) in [6.45, 7) is 0. The van der Waals surface area contributed by atoms with Gasteiger partial charge in [-0.1, -0.05) is 6.07 Å². The van der Waals surface area contributed by atoms with Gasteiger partial charge in [0.05, 0.1) is 4.47 Å². The van der Waals surface area contributed by atoms with Crippen LogP contribution in [-0.4, -0.2) is 9.97 Å². The molecule has 0 aliphatic rings. The summed E-state index contributed by atoms with van der Waals surface area (Å²) in [5.41, 5.74) is 0. The predicted octanol–water partition coefficient (Wildman–Crippen LogP) is 3.65. The van der Waals surface area contributed by atoms with Crippen LogP contribution in [0.5, 0.6) is 0 Å². The van der Waals surface area contributed by atoms with Gasteiger partial charge in [0.2, 0.25) is 0 Å². The van der Waals surface area contributed by atoms with Crippen molar-refractivity contribution < 1.29 is 0 Å². The average molecular weight is 263 g/mol. The average Bonchev–Trinajstić information content (AvgIpc) is 2.29. The topological polar surface area (TPSA) is 50.5 Å². The molecule has 0 aliphatic carbocycles. The van der Waals surface area contributed by atoms with Gasteiger partial charge in [-0.25, -0.2) is 9.97 Å². The molecule has 0 bridgehead atoms. The minimum Gasteiger partial charge on any atom is -0.236 e. The number of azo groups is 1. The van der Waals surface area contributed by atoms with E-state index in [0.29, 0.717) is 11.6 Å². The molecule has 2 heterocycles. The molecule has 0 N–H and O–H groups in total. The van der Waals surface area contributed by atoms with Crippen LogP contribution in [-0.2, 0) is 0 Å². The smallest absolute Gasteiger partial charge is 0.188 e. The van der Waals surface area contributed by atoms with E-state index >= 15 is 0 Å². The Morgan fingerprint density at radius 2 is 1.80 bits per heavy atom. The highest BCUT2D eigenvalue weighted by Crippen LogP contribution is 2.22. The zero-order chi connectivity index (χ0) is 10.5. The zero-order valence-corrected chi connectivity index (χ0v) is 9.29. The second-order valence-electron chi connectivity index (χ2n) is 2.70. The zero-order valence-electron chi connectivity index (χ0n) is 7.71. The van der Waals surface area contributed by atoms with E-state index in [1.54, 1.807) is 18.5 Å². The van der Waals surface area contributed by atoms with E-state index in [1.807, 2.05) is 24.3 Å². The SMILES string of the molecule is Brc1cccnc1N=Nc1ccccn1. The Balaban J connectivity index is 2.23. The van der Waals surface area contributed by atoms with Crippen molar-refractivity contribution in [3.63, 3.8) is 0 Å². The third kappa shape index (κ3) is 2.66. The maximum atomic E-state index is 4.06. The van der Waals surface area contributed by atoms with E-state index in [4.69, 9.17) is 0 Å². The summed E-state index contributed by atoms with van der Waals surface area (Å²) in [5.74, 6) is 1.11. The normalized spacial score (nSPS) is 10.7. The van der Waals surface area contributed by atoms with Gasteiger partial charge < -0.3 is 0 Å². The lowest BCUT2D eigenvalue weighted by atomic mass is 10.5. The van der Waals surface area contributed by atoms with Crippen LogP contribution in [0.1, 0.15) is 0 Å². The Labute approximate surface area is 95.2 Å². The van der Waals surface area contributed by atoms with Crippen LogP contribution in [0.2, 0.25) is 0 Å². The van der Waals surface area contributed by atoms with Crippen LogP contribution >= 0.6 is 15.9 Å². The summed E-state index contributed by atoms with van der Waals surface area (Å²) < 4.78 is 0.810. The van der Waals surface area contributed by atoms with E-state index in [9.17, 15) is 0 Å². The fourth-order valence-corrected chi connectivity index (χ4v) is 1.30. The number of pyridine rings is 2. The number of hydrogen-bond acceptors (Lipinski definition) is 4. The van der Waals surface area contributed by atoms with Gasteiger partial charge in [0.1, 0.15) is 0 Å². The first kappa shape index (κ1) is 9.92. The molecule has 0 spiro atoms. The van der Waals surface area contributed by atoms with Gasteiger partial charge in [0.15, 0.2) is 11.6 Å². The lowest BCUT2D eigenvalue weighted by molar-refractivity contribution is 1.11. The van der Waals surface area contributed by atoms with Crippen molar-refractivity contribution >= 4 is 27.6 Å². The molecule has 0 saturated carbocycles. The molecule has 0 amide bonds. The fraction of sp³-hybridized carbons (Fsp3) is 0. The summed E-state index contributed by atoms with van der Waals surface area (Å²) >= 11 is 3.33. The molecule has 0 fully saturated rings. The monoisotopic (exact) mass is 262 g/mol. The van der Waals surface area contributed by atoms with Crippen molar-refractivity contribution in [3.8, 4) is 0 Å². The lowest BCUT2D eigenvalue weighted by Gasteiger charge is -1.93. The second-order valence-corrected chi connectivity index (χ2v) is 3.55. The quantitative estimate of drug-likeness (QED) is 0.776. The molecule has 0 aromatic carbocycles. The molecule has 15 heavy (non-hydrogen) atoms. The molecular formula is C10H7BrN4. The van der Waals surface area contributed by atoms with E-state index < -0.39 is 0 Å². The van der Waals surface area contributed by atoms with Gasteiger partial charge in [-0.05, 0) is 40.2 Å². The standard InChI is InChI=1S/C10H7BrN4/c11-8-4-3-7-13-10(8)15-14-9-5-1-2-6-12-9/h1-7H. The predicted molar refractivity (Wildman–Crippen MR) is 60.4 cm³/mol. The third-order valence-corrected chi connectivity index (χ3v) is 2.25. The number of nitrogens with zero attached hydrogens (tertiary/aromatic N) is 4. The van der Waals surface area contributed by atoms with Crippen molar-refractivity contribution in [1.82, 2.24) is 9.97 Å². The Bertz CT molecular complexity index is 470. The van der Waals surface area contributed by atoms with Gasteiger partial charge in [-0.15, -0.1) is 10.2 Å². The summed E-state index contributed by atoms with van der Waals surface area (Å²) in [4.78, 5) is 8.08. The Hall–Kier alpha value is -1.62. The largest absolute Gasteiger partial charge is 0.236 e. The first-order chi connectivity index (χ1) is 7.36. The summed E-state index contributed by atoms with van der Waals surface area (Å²) in [5, 5.41) is 7.94. The fourth-order valence-electron chi connectivity index (χ4n) is 0.962. The van der Waals surface area contributed by atoms with Crippen LogP contribution < -0.4 is 0 Å². The Morgan fingerprint density at radius 3 is 2.53 bits per heavy atom. The summed E-state index contributed by atoms with van der Waals surface area (Å²) in [7, 11) is 0. The first-order valence-electron chi connectivity index (χ1n) is 4.29. The van der Waals surface area contributed by atoms with Crippen molar-refractivity contribution in [2.24, 2.45) is 10.2 Å². The highest BCUT2D eigenvalue weighted by Gasteiger charge is 1.96. The van der Waals surface area contributed by atoms with E-state index in [1.165, 1.54) is 0 Å². The molecule has 0 atom stereocenters. The molecule has 0 unspecified atom stereocenters. The highest BCUT2D eigenvalue weighted by atomic mass is 79.9. The van der Waals surface area contributed by atoms with Gasteiger partial charge in [0, 0.05) is 12.4 Å². The third-order valence-electron chi connectivity index (χ3n) is 1.64. The summed E-state index contributed by atoms with van der Waals surface area (Å²) in [6.07, 6.45) is 3.33. The van der Waals surface area contributed by atoms with E-state index in [2.05, 4.69) is 36.1 Å². The molecule has 0 saturated heterocycles. The molecule has 2 aromatic rings.